The van der Waals surface area contributed by atoms with Gasteiger partial charge in [0.1, 0.15) is 0 Å². The Kier molecular flexibility index (Phi) is 3.90. The maximum Gasteiger partial charge on any atom is 0.0539 e. The summed E-state index contributed by atoms with van der Waals surface area (Å²) in [7, 11) is 1.94. The second kappa shape index (κ2) is 5.99. The minimum absolute atomic E-state index is 0.816. The van der Waals surface area contributed by atoms with E-state index in [0.717, 1.165) is 12.2 Å². The van der Waals surface area contributed by atoms with E-state index in [2.05, 4.69) is 39.6 Å². The van der Waals surface area contributed by atoms with Gasteiger partial charge in [0.05, 0.1) is 6.20 Å². The molecule has 1 aliphatic heterocycles. The molecule has 0 atom stereocenters. The topological polar surface area (TPSA) is 33.1 Å². The van der Waals surface area contributed by atoms with Crippen LogP contribution in [0.25, 0.3) is 0 Å². The Balaban J connectivity index is 1.58. The molecular formula is C16H22N4. The molecule has 20 heavy (non-hydrogen) atoms. The second-order valence-electron chi connectivity index (χ2n) is 5.47. The highest BCUT2D eigenvalue weighted by Crippen LogP contribution is 2.22. The van der Waals surface area contributed by atoms with E-state index in [-0.39, 0.29) is 0 Å². The molecule has 1 N–H and O–H groups in total. The quantitative estimate of drug-likeness (QED) is 0.927. The molecular weight excluding hydrogens is 248 g/mol. The van der Waals surface area contributed by atoms with Gasteiger partial charge in [-0.1, -0.05) is 0 Å². The lowest BCUT2D eigenvalue weighted by Crippen LogP contribution is -2.29. The van der Waals surface area contributed by atoms with E-state index < -0.39 is 0 Å². The Bertz CT molecular complexity index is 538. The van der Waals surface area contributed by atoms with Crippen LogP contribution in [0.5, 0.6) is 0 Å². The van der Waals surface area contributed by atoms with Crippen molar-refractivity contribution in [3.8, 4) is 0 Å². The standard InChI is InChI=1S/C16H22N4/c1-19-13-14(12-18-19)11-17-15-5-7-16(8-6-15)20-9-3-2-4-10-20/h5-8,12-13,17H,2-4,9-11H2,1H3. The summed E-state index contributed by atoms with van der Waals surface area (Å²) >= 11 is 0. The average molecular weight is 270 g/mol. The van der Waals surface area contributed by atoms with Crippen LogP contribution in [0.4, 0.5) is 11.4 Å². The molecule has 1 aromatic heterocycles. The molecule has 0 unspecified atom stereocenters. The lowest BCUT2D eigenvalue weighted by atomic mass is 10.1. The minimum Gasteiger partial charge on any atom is -0.381 e. The minimum atomic E-state index is 0.816. The number of hydrogen-bond donors (Lipinski definition) is 1. The summed E-state index contributed by atoms with van der Waals surface area (Å²) in [6.07, 6.45) is 7.95. The smallest absolute Gasteiger partial charge is 0.0539 e. The van der Waals surface area contributed by atoms with Gasteiger partial charge in [-0.25, -0.2) is 0 Å². The van der Waals surface area contributed by atoms with Gasteiger partial charge in [0, 0.05) is 49.8 Å². The normalized spacial score (nSPS) is 15.3. The van der Waals surface area contributed by atoms with E-state index in [1.165, 1.54) is 43.6 Å². The summed E-state index contributed by atoms with van der Waals surface area (Å²) in [4.78, 5) is 2.48. The lowest BCUT2D eigenvalue weighted by molar-refractivity contribution is 0.578. The largest absolute Gasteiger partial charge is 0.381 e. The predicted molar refractivity (Wildman–Crippen MR) is 83.0 cm³/mol. The van der Waals surface area contributed by atoms with Crippen LogP contribution in [0, 0.1) is 0 Å². The number of anilines is 2. The molecule has 4 heteroatoms. The summed E-state index contributed by atoms with van der Waals surface area (Å²) in [5, 5.41) is 7.61. The van der Waals surface area contributed by atoms with Crippen molar-refractivity contribution in [3.63, 3.8) is 0 Å². The van der Waals surface area contributed by atoms with Gasteiger partial charge in [-0.05, 0) is 43.5 Å². The summed E-state index contributed by atoms with van der Waals surface area (Å²) < 4.78 is 1.83. The molecule has 4 nitrogen and oxygen atoms in total. The van der Waals surface area contributed by atoms with Crippen molar-refractivity contribution < 1.29 is 0 Å². The zero-order chi connectivity index (χ0) is 13.8. The van der Waals surface area contributed by atoms with Gasteiger partial charge in [-0.15, -0.1) is 0 Å². The second-order valence-corrected chi connectivity index (χ2v) is 5.47. The van der Waals surface area contributed by atoms with Crippen molar-refractivity contribution in [2.24, 2.45) is 7.05 Å². The van der Waals surface area contributed by atoms with Crippen molar-refractivity contribution in [1.29, 1.82) is 0 Å². The molecule has 1 aromatic carbocycles. The molecule has 1 fully saturated rings. The number of aromatic nitrogens is 2. The number of rotatable bonds is 4. The molecule has 2 aromatic rings. The lowest BCUT2D eigenvalue weighted by Gasteiger charge is -2.28. The number of nitrogens with zero attached hydrogens (tertiary/aromatic N) is 3. The number of piperidine rings is 1. The highest BCUT2D eigenvalue weighted by Gasteiger charge is 2.10. The fraction of sp³-hybridized carbons (Fsp3) is 0.438. The van der Waals surface area contributed by atoms with Crippen LogP contribution in [-0.4, -0.2) is 22.9 Å². The highest BCUT2D eigenvalue weighted by atomic mass is 15.2. The van der Waals surface area contributed by atoms with E-state index in [1.807, 2.05) is 24.1 Å². The van der Waals surface area contributed by atoms with Gasteiger partial charge < -0.3 is 10.2 Å². The van der Waals surface area contributed by atoms with Crippen molar-refractivity contribution in [1.82, 2.24) is 9.78 Å². The van der Waals surface area contributed by atoms with Gasteiger partial charge in [-0.2, -0.15) is 5.10 Å². The summed E-state index contributed by atoms with van der Waals surface area (Å²) in [5.41, 5.74) is 3.71. The van der Waals surface area contributed by atoms with Gasteiger partial charge in [0.2, 0.25) is 0 Å². The fourth-order valence-electron chi connectivity index (χ4n) is 2.71. The molecule has 0 radical (unpaired) electrons. The Hall–Kier alpha value is -1.97. The molecule has 0 saturated carbocycles. The summed E-state index contributed by atoms with van der Waals surface area (Å²) in [6.45, 7) is 3.21. The van der Waals surface area contributed by atoms with Crippen LogP contribution < -0.4 is 10.2 Å². The van der Waals surface area contributed by atoms with Crippen LogP contribution in [0.15, 0.2) is 36.7 Å². The molecule has 0 spiro atoms. The van der Waals surface area contributed by atoms with Gasteiger partial charge >= 0.3 is 0 Å². The Labute approximate surface area is 120 Å². The average Bonchev–Trinajstić information content (AvgIpc) is 2.92. The first-order valence-electron chi connectivity index (χ1n) is 7.38. The van der Waals surface area contributed by atoms with Crippen molar-refractivity contribution in [3.05, 3.63) is 42.2 Å². The predicted octanol–water partition coefficient (Wildman–Crippen LogP) is 3.02. The monoisotopic (exact) mass is 270 g/mol. The third-order valence-electron chi connectivity index (χ3n) is 3.84. The maximum atomic E-state index is 4.17. The van der Waals surface area contributed by atoms with E-state index in [1.54, 1.807) is 0 Å². The molecule has 0 bridgehead atoms. The van der Waals surface area contributed by atoms with Crippen molar-refractivity contribution in [2.75, 3.05) is 23.3 Å². The third-order valence-corrected chi connectivity index (χ3v) is 3.84. The Morgan fingerprint density at radius 3 is 2.50 bits per heavy atom. The zero-order valence-corrected chi connectivity index (χ0v) is 12.0. The van der Waals surface area contributed by atoms with Crippen LogP contribution in [0.3, 0.4) is 0 Å². The Morgan fingerprint density at radius 1 is 1.10 bits per heavy atom. The van der Waals surface area contributed by atoms with Gasteiger partial charge in [0.15, 0.2) is 0 Å². The van der Waals surface area contributed by atoms with E-state index >= 15 is 0 Å². The molecule has 2 heterocycles. The first-order chi connectivity index (χ1) is 9.81. The first kappa shape index (κ1) is 13.0. The van der Waals surface area contributed by atoms with Gasteiger partial charge in [0.25, 0.3) is 0 Å². The molecule has 1 saturated heterocycles. The molecule has 1 aliphatic rings. The summed E-state index contributed by atoms with van der Waals surface area (Å²) in [6, 6.07) is 8.77. The first-order valence-corrected chi connectivity index (χ1v) is 7.38. The van der Waals surface area contributed by atoms with E-state index in [9.17, 15) is 0 Å². The maximum absolute atomic E-state index is 4.17. The van der Waals surface area contributed by atoms with Crippen molar-refractivity contribution >= 4 is 11.4 Å². The van der Waals surface area contributed by atoms with E-state index in [4.69, 9.17) is 0 Å². The number of nitrogens with one attached hydrogen (secondary N) is 1. The highest BCUT2D eigenvalue weighted by molar-refractivity contribution is 5.55. The third kappa shape index (κ3) is 3.13. The SMILES string of the molecule is Cn1cc(CNc2ccc(N3CCCCC3)cc2)cn1. The fourth-order valence-corrected chi connectivity index (χ4v) is 2.71. The van der Waals surface area contributed by atoms with Crippen LogP contribution in [0.2, 0.25) is 0 Å². The Morgan fingerprint density at radius 2 is 1.85 bits per heavy atom. The zero-order valence-electron chi connectivity index (χ0n) is 12.0. The van der Waals surface area contributed by atoms with Gasteiger partial charge in [-0.3, -0.25) is 4.68 Å². The number of hydrogen-bond acceptors (Lipinski definition) is 3. The van der Waals surface area contributed by atoms with E-state index in [0.29, 0.717) is 0 Å². The number of aryl methyl sites for hydroxylation is 1. The molecule has 0 aliphatic carbocycles. The van der Waals surface area contributed by atoms with Crippen molar-refractivity contribution in [2.45, 2.75) is 25.8 Å². The summed E-state index contributed by atoms with van der Waals surface area (Å²) in [5.74, 6) is 0. The van der Waals surface area contributed by atoms with Crippen LogP contribution in [-0.2, 0) is 13.6 Å². The molecule has 0 amide bonds. The molecule has 3 rings (SSSR count). The van der Waals surface area contributed by atoms with Crippen LogP contribution >= 0.6 is 0 Å². The molecule has 106 valence electrons. The number of benzene rings is 1. The van der Waals surface area contributed by atoms with Crippen LogP contribution in [0.1, 0.15) is 24.8 Å².